The highest BCUT2D eigenvalue weighted by molar-refractivity contribution is 5.98. The number of pyridine rings is 1. The van der Waals surface area contributed by atoms with Crippen molar-refractivity contribution in [1.82, 2.24) is 10.3 Å². The number of carbonyl (C=O) groups is 3. The molecular formula is C32H33F3N2O8. The topological polar surface area (TPSA) is 122 Å². The molecule has 4 rings (SSSR count). The molecule has 0 aliphatic carbocycles. The second-order valence-corrected chi connectivity index (χ2v) is 10.5. The van der Waals surface area contributed by atoms with Gasteiger partial charge in [0.1, 0.15) is 11.9 Å². The van der Waals surface area contributed by atoms with Crippen LogP contribution in [0, 0.1) is 11.8 Å². The molecule has 0 bridgehead atoms. The molecule has 0 radical (unpaired) electrons. The summed E-state index contributed by atoms with van der Waals surface area (Å²) in [7, 11) is 1.34. The Labute approximate surface area is 257 Å². The van der Waals surface area contributed by atoms with Crippen molar-refractivity contribution < 1.29 is 51.2 Å². The summed E-state index contributed by atoms with van der Waals surface area (Å²) in [6.45, 7) is 2.87. The zero-order chi connectivity index (χ0) is 32.6. The van der Waals surface area contributed by atoms with Gasteiger partial charge in [-0.05, 0) is 48.9 Å². The lowest BCUT2D eigenvalue weighted by molar-refractivity contribution is -0.274. The van der Waals surface area contributed by atoms with Crippen molar-refractivity contribution >= 4 is 17.8 Å². The Morgan fingerprint density at radius 1 is 1.00 bits per heavy atom. The number of aromatic nitrogens is 1. The van der Waals surface area contributed by atoms with Crippen LogP contribution >= 0.6 is 0 Å². The quantitative estimate of drug-likeness (QED) is 0.336. The van der Waals surface area contributed by atoms with Crippen LogP contribution in [-0.4, -0.2) is 61.7 Å². The minimum atomic E-state index is -4.81. The minimum Gasteiger partial charge on any atom is -0.493 e. The molecule has 1 aliphatic rings. The van der Waals surface area contributed by atoms with Gasteiger partial charge < -0.3 is 29.0 Å². The third-order valence-electron chi connectivity index (χ3n) is 7.24. The number of nitrogens with one attached hydrogen (secondary N) is 1. The van der Waals surface area contributed by atoms with Crippen molar-refractivity contribution in [2.24, 2.45) is 11.8 Å². The molecule has 2 aromatic carbocycles. The Bertz CT molecular complexity index is 1470. The highest BCUT2D eigenvalue weighted by atomic mass is 19.4. The number of benzene rings is 2. The van der Waals surface area contributed by atoms with E-state index in [4.69, 9.17) is 18.9 Å². The highest BCUT2D eigenvalue weighted by Crippen LogP contribution is 2.32. The summed E-state index contributed by atoms with van der Waals surface area (Å²) >= 11 is 0. The first-order valence-electron chi connectivity index (χ1n) is 14.1. The molecule has 1 amide bonds. The highest BCUT2D eigenvalue weighted by Gasteiger charge is 2.36. The van der Waals surface area contributed by atoms with Gasteiger partial charge in [-0.15, -0.1) is 13.2 Å². The molecule has 45 heavy (non-hydrogen) atoms. The van der Waals surface area contributed by atoms with Gasteiger partial charge in [-0.3, -0.25) is 9.59 Å². The molecule has 240 valence electrons. The first-order valence-corrected chi connectivity index (χ1v) is 14.1. The summed E-state index contributed by atoms with van der Waals surface area (Å²) in [5, 5.41) is 2.57. The average Bonchev–Trinajstić information content (AvgIpc) is 3.03. The number of ether oxygens (including phenoxy) is 5. The van der Waals surface area contributed by atoms with E-state index >= 15 is 0 Å². The van der Waals surface area contributed by atoms with Crippen LogP contribution in [0.2, 0.25) is 0 Å². The molecular weight excluding hydrogens is 597 g/mol. The smallest absolute Gasteiger partial charge is 0.493 e. The van der Waals surface area contributed by atoms with Gasteiger partial charge >= 0.3 is 18.3 Å². The molecule has 1 fully saturated rings. The molecule has 0 spiro atoms. The lowest BCUT2D eigenvalue weighted by Crippen LogP contribution is -2.46. The fraction of sp³-hybridized carbons (Fsp3) is 0.375. The fourth-order valence-corrected chi connectivity index (χ4v) is 5.15. The summed E-state index contributed by atoms with van der Waals surface area (Å²) in [5.74, 6) is -3.21. The van der Waals surface area contributed by atoms with Crippen LogP contribution in [-0.2, 0) is 31.9 Å². The third kappa shape index (κ3) is 9.42. The van der Waals surface area contributed by atoms with Crippen LogP contribution in [0.3, 0.4) is 0 Å². The normalized spacial score (nSPS) is 20.5. The maximum Gasteiger partial charge on any atom is 0.573 e. The maximum absolute atomic E-state index is 13.4. The van der Waals surface area contributed by atoms with E-state index < -0.39 is 36.4 Å². The van der Waals surface area contributed by atoms with E-state index in [-0.39, 0.29) is 48.0 Å². The number of methoxy groups -OCH3 is 1. The molecule has 0 saturated carbocycles. The second kappa shape index (κ2) is 14.9. The largest absolute Gasteiger partial charge is 0.573 e. The lowest BCUT2D eigenvalue weighted by atomic mass is 9.80. The van der Waals surface area contributed by atoms with Crippen molar-refractivity contribution in [3.05, 3.63) is 83.7 Å². The van der Waals surface area contributed by atoms with Crippen LogP contribution in [0.25, 0.3) is 0 Å². The van der Waals surface area contributed by atoms with Gasteiger partial charge in [0.05, 0.1) is 20.3 Å². The number of carbonyl (C=O) groups excluding carboxylic acids is 3. The van der Waals surface area contributed by atoms with E-state index in [1.807, 2.05) is 30.3 Å². The van der Waals surface area contributed by atoms with Crippen molar-refractivity contribution in [2.75, 3.05) is 20.3 Å². The number of amides is 1. The Morgan fingerprint density at radius 3 is 2.33 bits per heavy atom. The van der Waals surface area contributed by atoms with Gasteiger partial charge in [0.25, 0.3) is 5.91 Å². The molecule has 1 saturated heterocycles. The van der Waals surface area contributed by atoms with Crippen LogP contribution in [0.15, 0.2) is 66.9 Å². The number of nitrogens with zero attached hydrogens (tertiary/aromatic N) is 1. The fourth-order valence-electron chi connectivity index (χ4n) is 5.15. The molecule has 4 atom stereocenters. The van der Waals surface area contributed by atoms with Gasteiger partial charge in [0.15, 0.2) is 17.5 Å². The molecule has 13 heteroatoms. The SMILES string of the molecule is COc1ccnc(C(=O)N[C@H]2COC[C@H](Cc3ccccc3)[C@@H](Cc3ccc(OC(F)(F)F)cc3)[C@H](C)OC2=O)c1OC(C)=O. The van der Waals surface area contributed by atoms with E-state index in [0.29, 0.717) is 18.4 Å². The van der Waals surface area contributed by atoms with Gasteiger partial charge in [-0.2, -0.15) is 0 Å². The Balaban J connectivity index is 1.56. The minimum absolute atomic E-state index is 0.0943. The van der Waals surface area contributed by atoms with Crippen molar-refractivity contribution in [2.45, 2.75) is 45.2 Å². The first-order chi connectivity index (χ1) is 21.4. The van der Waals surface area contributed by atoms with E-state index in [1.54, 1.807) is 6.92 Å². The van der Waals surface area contributed by atoms with Gasteiger partial charge in [-0.1, -0.05) is 42.5 Å². The Morgan fingerprint density at radius 2 is 1.69 bits per heavy atom. The maximum atomic E-state index is 13.4. The zero-order valence-electron chi connectivity index (χ0n) is 24.8. The molecule has 3 aromatic rings. The molecule has 0 unspecified atom stereocenters. The molecule has 1 N–H and O–H groups in total. The van der Waals surface area contributed by atoms with E-state index in [9.17, 15) is 27.6 Å². The van der Waals surface area contributed by atoms with E-state index in [0.717, 1.165) is 12.5 Å². The molecule has 10 nitrogen and oxygen atoms in total. The van der Waals surface area contributed by atoms with Crippen LogP contribution in [0.5, 0.6) is 17.2 Å². The standard InChI is InChI=1S/C32H33F3N2O8/c1-19-25(16-22-9-11-24(12-10-22)45-32(33,34)35)23(15-21-7-5-4-6-8-21)17-42-18-26(31(40)43-19)37-30(39)28-29(44-20(2)38)27(41-3)13-14-36-28/h4-14,19,23,25-26H,15-18H2,1-3H3,(H,37,39)/t19-,23-,25-,26-/m0/s1. The number of rotatable bonds is 9. The number of hydrogen-bond acceptors (Lipinski definition) is 9. The number of esters is 2. The second-order valence-electron chi connectivity index (χ2n) is 10.5. The lowest BCUT2D eigenvalue weighted by Gasteiger charge is -2.31. The van der Waals surface area contributed by atoms with Crippen LogP contribution < -0.4 is 19.5 Å². The summed E-state index contributed by atoms with van der Waals surface area (Å²) in [4.78, 5) is 42.3. The number of alkyl halides is 3. The predicted molar refractivity (Wildman–Crippen MR) is 154 cm³/mol. The number of cyclic esters (lactones) is 1. The molecule has 1 aromatic heterocycles. The Hall–Kier alpha value is -4.65. The van der Waals surface area contributed by atoms with Gasteiger partial charge in [0, 0.05) is 25.1 Å². The van der Waals surface area contributed by atoms with Crippen LogP contribution in [0.4, 0.5) is 13.2 Å². The Kier molecular flexibility index (Phi) is 11.0. The monoisotopic (exact) mass is 630 g/mol. The predicted octanol–water partition coefficient (Wildman–Crippen LogP) is 4.69. The van der Waals surface area contributed by atoms with Gasteiger partial charge in [-0.25, -0.2) is 9.78 Å². The van der Waals surface area contributed by atoms with E-state index in [1.165, 1.54) is 43.6 Å². The van der Waals surface area contributed by atoms with Crippen molar-refractivity contribution in [3.63, 3.8) is 0 Å². The van der Waals surface area contributed by atoms with Crippen molar-refractivity contribution in [1.29, 1.82) is 0 Å². The summed E-state index contributed by atoms with van der Waals surface area (Å²) in [6.07, 6.45) is -3.26. The zero-order valence-corrected chi connectivity index (χ0v) is 24.8. The molecule has 1 aliphatic heterocycles. The third-order valence-corrected chi connectivity index (χ3v) is 7.24. The molecule has 2 heterocycles. The summed E-state index contributed by atoms with van der Waals surface area (Å²) < 4.78 is 64.2. The average molecular weight is 631 g/mol. The van der Waals surface area contributed by atoms with E-state index in [2.05, 4.69) is 15.0 Å². The van der Waals surface area contributed by atoms with Crippen molar-refractivity contribution in [3.8, 4) is 17.2 Å². The summed E-state index contributed by atoms with van der Waals surface area (Å²) in [6, 6.07) is 15.4. The van der Waals surface area contributed by atoms with Crippen LogP contribution in [0.1, 0.15) is 35.5 Å². The first kappa shape index (κ1) is 33.2. The number of halogens is 3. The van der Waals surface area contributed by atoms with Gasteiger partial charge in [0.2, 0.25) is 5.75 Å². The summed E-state index contributed by atoms with van der Waals surface area (Å²) in [5.41, 5.74) is 1.46. The number of hydrogen-bond donors (Lipinski definition) is 1.